The predicted octanol–water partition coefficient (Wildman–Crippen LogP) is -1.31. The molecule has 0 atom stereocenters. The van der Waals surface area contributed by atoms with Crippen LogP contribution in [0, 0.1) is 0 Å². The monoisotopic (exact) mass is 302 g/mol. The summed E-state index contributed by atoms with van der Waals surface area (Å²) < 4.78 is 0. The molecule has 0 aromatic heterocycles. The van der Waals surface area contributed by atoms with Crippen molar-refractivity contribution in [3.8, 4) is 0 Å². The standard InChI is InChI=1S/4Mn.H2O.4O/h;;;;1H2;;;;/q4*+2;;4*-2. The van der Waals surface area contributed by atoms with Crippen LogP contribution in [-0.4, -0.2) is 5.48 Å². The SMILES string of the molecule is O.[Mn+2].[Mn+2].[Mn+2].[Mn+2].[O-2].[O-2].[O-2].[O-2]. The maximum absolute atomic E-state index is 0. The summed E-state index contributed by atoms with van der Waals surface area (Å²) in [4.78, 5) is 0. The first kappa shape index (κ1) is 301. The van der Waals surface area contributed by atoms with Crippen LogP contribution in [-0.2, 0) is 90.2 Å². The van der Waals surface area contributed by atoms with Crippen LogP contribution in [0.4, 0.5) is 0 Å². The van der Waals surface area contributed by atoms with E-state index in [9.17, 15) is 0 Å². The van der Waals surface area contributed by atoms with Crippen molar-refractivity contribution < 1.29 is 95.7 Å². The first-order chi connectivity index (χ1) is 0. The molecule has 0 amide bonds. The maximum atomic E-state index is 0. The van der Waals surface area contributed by atoms with E-state index in [-0.39, 0.29) is 95.7 Å². The van der Waals surface area contributed by atoms with E-state index in [4.69, 9.17) is 0 Å². The summed E-state index contributed by atoms with van der Waals surface area (Å²) in [5, 5.41) is 0. The molecule has 0 aliphatic carbocycles. The van der Waals surface area contributed by atoms with Gasteiger partial charge in [0.05, 0.1) is 0 Å². The Balaban J connectivity index is 0. The molecule has 9 heavy (non-hydrogen) atoms. The van der Waals surface area contributed by atoms with Crippen molar-refractivity contribution in [3.63, 3.8) is 0 Å². The van der Waals surface area contributed by atoms with Gasteiger partial charge in [-0.25, -0.2) is 0 Å². The van der Waals surface area contributed by atoms with Gasteiger partial charge in [0.1, 0.15) is 0 Å². The molecule has 0 bridgehead atoms. The Morgan fingerprint density at radius 1 is 0.333 bits per heavy atom. The third-order valence-electron chi connectivity index (χ3n) is 0. The van der Waals surface area contributed by atoms with E-state index in [0.29, 0.717) is 0 Å². The third kappa shape index (κ3) is 174. The smallest absolute Gasteiger partial charge is 2.00 e. The predicted molar refractivity (Wildman–Crippen MR) is 6.36 cm³/mol. The van der Waals surface area contributed by atoms with Crippen molar-refractivity contribution in [3.05, 3.63) is 0 Å². The van der Waals surface area contributed by atoms with E-state index < -0.39 is 0 Å². The second-order valence-corrected chi connectivity index (χ2v) is 0. The van der Waals surface area contributed by atoms with Crippen LogP contribution in [0.25, 0.3) is 0 Å². The zero-order valence-electron chi connectivity index (χ0n) is 3.64. The van der Waals surface area contributed by atoms with Gasteiger partial charge >= 0.3 is 68.3 Å². The molecule has 0 aromatic rings. The average molecular weight is 302 g/mol. The molecule has 60 valence electrons. The molecule has 0 unspecified atom stereocenters. The fourth-order valence-electron chi connectivity index (χ4n) is 0. The van der Waals surface area contributed by atoms with Crippen LogP contribution in [0.2, 0.25) is 0 Å². The maximum Gasteiger partial charge on any atom is 2.00 e. The van der Waals surface area contributed by atoms with Gasteiger partial charge < -0.3 is 27.4 Å². The van der Waals surface area contributed by atoms with Gasteiger partial charge in [0.2, 0.25) is 0 Å². The minimum Gasteiger partial charge on any atom is -2.00 e. The van der Waals surface area contributed by atoms with Crippen molar-refractivity contribution in [1.29, 1.82) is 0 Å². The fraction of sp³-hybridized carbons (Fsp3) is 0. The largest absolute Gasteiger partial charge is 2.00 e. The molecule has 0 saturated heterocycles. The average Bonchev–Trinajstić information content (AvgIpc) is 0. The summed E-state index contributed by atoms with van der Waals surface area (Å²) >= 11 is 0. The molecule has 0 rings (SSSR count). The summed E-state index contributed by atoms with van der Waals surface area (Å²) in [5.41, 5.74) is 0. The Labute approximate surface area is 95.2 Å². The Morgan fingerprint density at radius 2 is 0.333 bits per heavy atom. The summed E-state index contributed by atoms with van der Waals surface area (Å²) in [7, 11) is 0. The van der Waals surface area contributed by atoms with Crippen molar-refractivity contribution in [2.24, 2.45) is 0 Å². The van der Waals surface area contributed by atoms with Crippen LogP contribution >= 0.6 is 0 Å². The van der Waals surface area contributed by atoms with E-state index >= 15 is 0 Å². The van der Waals surface area contributed by atoms with Crippen LogP contribution in [0.15, 0.2) is 0 Å². The Hall–Kier alpha value is 1.88. The van der Waals surface area contributed by atoms with Crippen LogP contribution in [0.1, 0.15) is 0 Å². The van der Waals surface area contributed by atoms with Gasteiger partial charge in [-0.15, -0.1) is 0 Å². The normalized spacial score (nSPS) is 0. The molecule has 0 aliphatic rings. The molecule has 0 heterocycles. The first-order valence-corrected chi connectivity index (χ1v) is 0. The number of hydrogen-bond acceptors (Lipinski definition) is 0. The van der Waals surface area contributed by atoms with Gasteiger partial charge in [-0.2, -0.15) is 0 Å². The Bertz CT molecular complexity index is 8.92. The van der Waals surface area contributed by atoms with Gasteiger partial charge in [0.25, 0.3) is 0 Å². The van der Waals surface area contributed by atoms with Gasteiger partial charge in [-0.3, -0.25) is 0 Å². The van der Waals surface area contributed by atoms with Gasteiger partial charge in [-0.1, -0.05) is 0 Å². The number of rotatable bonds is 0. The zero-order valence-corrected chi connectivity index (χ0v) is 8.37. The van der Waals surface area contributed by atoms with Crippen LogP contribution in [0.3, 0.4) is 0 Å². The minimum absolute atomic E-state index is 0. The zero-order chi connectivity index (χ0) is 0. The summed E-state index contributed by atoms with van der Waals surface area (Å²) in [5.74, 6) is 0. The summed E-state index contributed by atoms with van der Waals surface area (Å²) in [6.45, 7) is 0. The van der Waals surface area contributed by atoms with E-state index in [1.807, 2.05) is 0 Å². The number of hydrogen-bond donors (Lipinski definition) is 0. The van der Waals surface area contributed by atoms with Gasteiger partial charge in [0.15, 0.2) is 0 Å². The van der Waals surface area contributed by atoms with Crippen molar-refractivity contribution >= 4 is 0 Å². The van der Waals surface area contributed by atoms with E-state index in [1.165, 1.54) is 0 Å². The molecule has 0 fully saturated rings. The molecule has 0 aromatic carbocycles. The molecule has 0 spiro atoms. The minimum atomic E-state index is 0. The molecular weight excluding hydrogens is 300 g/mol. The fourth-order valence-corrected chi connectivity index (χ4v) is 0. The molecule has 9 heteroatoms. The van der Waals surface area contributed by atoms with E-state index in [1.54, 1.807) is 0 Å². The summed E-state index contributed by atoms with van der Waals surface area (Å²) in [6, 6.07) is 0. The molecule has 0 saturated carbocycles. The van der Waals surface area contributed by atoms with Crippen molar-refractivity contribution in [2.45, 2.75) is 0 Å². The van der Waals surface area contributed by atoms with Crippen molar-refractivity contribution in [2.75, 3.05) is 0 Å². The molecular formula is H2Mn4O5. The quantitative estimate of drug-likeness (QED) is 0.489. The van der Waals surface area contributed by atoms with Gasteiger partial charge in [-0.05, 0) is 0 Å². The van der Waals surface area contributed by atoms with E-state index in [2.05, 4.69) is 0 Å². The molecule has 5 nitrogen and oxygen atoms in total. The molecule has 4 radical (unpaired) electrons. The third-order valence-corrected chi connectivity index (χ3v) is 0. The van der Waals surface area contributed by atoms with Crippen LogP contribution in [0.5, 0.6) is 0 Å². The summed E-state index contributed by atoms with van der Waals surface area (Å²) in [6.07, 6.45) is 0. The first-order valence-electron chi connectivity index (χ1n) is 0. The second kappa shape index (κ2) is 221. The Kier molecular flexibility index (Phi) is 7380. The van der Waals surface area contributed by atoms with Crippen LogP contribution < -0.4 is 0 Å². The molecule has 0 aliphatic heterocycles. The van der Waals surface area contributed by atoms with Gasteiger partial charge in [0, 0.05) is 0 Å². The van der Waals surface area contributed by atoms with E-state index in [0.717, 1.165) is 0 Å². The topological polar surface area (TPSA) is 146 Å². The molecule has 2 N–H and O–H groups in total. The van der Waals surface area contributed by atoms with Crippen molar-refractivity contribution in [1.82, 2.24) is 0 Å². The Morgan fingerprint density at radius 3 is 0.333 bits per heavy atom. The second-order valence-electron chi connectivity index (χ2n) is 0.